The van der Waals surface area contributed by atoms with Crippen LogP contribution in [0.25, 0.3) is 0 Å². The van der Waals surface area contributed by atoms with Gasteiger partial charge in [-0.15, -0.1) is 0 Å². The Morgan fingerprint density at radius 1 is 1.60 bits per heavy atom. The van der Waals surface area contributed by atoms with Crippen molar-refractivity contribution < 1.29 is 9.90 Å². The number of nitrogens with one attached hydrogen (secondary N) is 1. The number of hydrogen-bond acceptors (Lipinski definition) is 3. The van der Waals surface area contributed by atoms with Gasteiger partial charge in [-0.05, 0) is 19.3 Å². The maximum Gasteiger partial charge on any atom is 0.239 e. The molecule has 0 aromatic carbocycles. The van der Waals surface area contributed by atoms with Crippen LogP contribution in [0.5, 0.6) is 0 Å². The van der Waals surface area contributed by atoms with Crippen molar-refractivity contribution in [1.82, 2.24) is 10.2 Å². The molecule has 1 atom stereocenters. The zero-order valence-corrected chi connectivity index (χ0v) is 10.1. The van der Waals surface area contributed by atoms with E-state index in [-0.39, 0.29) is 24.0 Å². The first kappa shape index (κ1) is 12.5. The monoisotopic (exact) mass is 214 g/mol. The molecular weight excluding hydrogens is 192 g/mol. The molecule has 0 bridgehead atoms. The fourth-order valence-electron chi connectivity index (χ4n) is 1.99. The average molecular weight is 214 g/mol. The highest BCUT2D eigenvalue weighted by atomic mass is 16.3. The zero-order valence-electron chi connectivity index (χ0n) is 10.1. The Kier molecular flexibility index (Phi) is 3.73. The van der Waals surface area contributed by atoms with Gasteiger partial charge in [-0.2, -0.15) is 0 Å². The van der Waals surface area contributed by atoms with E-state index in [1.807, 2.05) is 0 Å². The highest BCUT2D eigenvalue weighted by Crippen LogP contribution is 2.22. The second kappa shape index (κ2) is 4.49. The predicted molar refractivity (Wildman–Crippen MR) is 59.5 cm³/mol. The van der Waals surface area contributed by atoms with Crippen molar-refractivity contribution in [3.8, 4) is 0 Å². The first-order chi connectivity index (χ1) is 6.87. The van der Waals surface area contributed by atoms with E-state index in [1.165, 1.54) is 0 Å². The lowest BCUT2D eigenvalue weighted by Crippen LogP contribution is -2.50. The first-order valence-electron chi connectivity index (χ1n) is 5.52. The van der Waals surface area contributed by atoms with E-state index in [0.717, 1.165) is 6.54 Å². The van der Waals surface area contributed by atoms with Crippen LogP contribution in [0, 0.1) is 5.41 Å². The Balaban J connectivity index is 2.89. The number of nitrogens with zero attached hydrogens (tertiary/aromatic N) is 1. The van der Waals surface area contributed by atoms with Crippen LogP contribution in [-0.2, 0) is 4.79 Å². The van der Waals surface area contributed by atoms with Crippen molar-refractivity contribution in [1.29, 1.82) is 0 Å². The summed E-state index contributed by atoms with van der Waals surface area (Å²) in [7, 11) is 0. The molecule has 88 valence electrons. The lowest BCUT2D eigenvalue weighted by molar-refractivity contribution is -0.127. The lowest BCUT2D eigenvalue weighted by atomic mass is 9.92. The van der Waals surface area contributed by atoms with Gasteiger partial charge >= 0.3 is 0 Å². The molecule has 1 fully saturated rings. The SMILES string of the molecule is CC(C)N1CC(C)(C)CNC(=O)C1CO. The summed E-state index contributed by atoms with van der Waals surface area (Å²) in [6.45, 7) is 9.75. The molecule has 0 radical (unpaired) electrons. The molecule has 0 aromatic rings. The van der Waals surface area contributed by atoms with Crippen molar-refractivity contribution in [3.05, 3.63) is 0 Å². The molecule has 4 heteroatoms. The molecule has 0 spiro atoms. The lowest BCUT2D eigenvalue weighted by Gasteiger charge is -2.34. The summed E-state index contributed by atoms with van der Waals surface area (Å²) in [6, 6.07) is -0.128. The van der Waals surface area contributed by atoms with Crippen LogP contribution in [0.4, 0.5) is 0 Å². The summed E-state index contributed by atoms with van der Waals surface area (Å²) in [4.78, 5) is 13.8. The highest BCUT2D eigenvalue weighted by Gasteiger charge is 2.35. The number of hydrogen-bond donors (Lipinski definition) is 2. The Labute approximate surface area is 91.6 Å². The minimum Gasteiger partial charge on any atom is -0.394 e. The van der Waals surface area contributed by atoms with Gasteiger partial charge in [0.2, 0.25) is 5.91 Å². The Hall–Kier alpha value is -0.610. The molecule has 4 nitrogen and oxygen atoms in total. The molecule has 0 saturated carbocycles. The molecule has 1 amide bonds. The van der Waals surface area contributed by atoms with Crippen LogP contribution in [0.2, 0.25) is 0 Å². The third kappa shape index (κ3) is 2.92. The molecule has 1 heterocycles. The Morgan fingerprint density at radius 2 is 2.20 bits per heavy atom. The number of aliphatic hydroxyl groups excluding tert-OH is 1. The molecule has 15 heavy (non-hydrogen) atoms. The van der Waals surface area contributed by atoms with Gasteiger partial charge in [0.05, 0.1) is 6.61 Å². The standard InChI is InChI=1S/C11H22N2O2/c1-8(2)13-7-11(3,4)6-12-10(15)9(13)5-14/h8-9,14H,5-7H2,1-4H3,(H,12,15). The number of aliphatic hydroxyl groups is 1. The van der Waals surface area contributed by atoms with E-state index in [1.54, 1.807) is 0 Å². The molecule has 1 saturated heterocycles. The van der Waals surface area contributed by atoms with Crippen molar-refractivity contribution in [2.45, 2.75) is 39.8 Å². The van der Waals surface area contributed by atoms with E-state index in [4.69, 9.17) is 0 Å². The minimum absolute atomic E-state index is 0.0585. The van der Waals surface area contributed by atoms with E-state index in [0.29, 0.717) is 6.54 Å². The summed E-state index contributed by atoms with van der Waals surface area (Å²) in [5.41, 5.74) is 0.0594. The summed E-state index contributed by atoms with van der Waals surface area (Å²) in [5, 5.41) is 12.2. The number of carbonyl (C=O) groups is 1. The zero-order chi connectivity index (χ0) is 11.6. The maximum absolute atomic E-state index is 11.7. The Morgan fingerprint density at radius 3 is 2.67 bits per heavy atom. The average Bonchev–Trinajstić information content (AvgIpc) is 2.24. The molecule has 0 aliphatic carbocycles. The second-order valence-corrected chi connectivity index (χ2v) is 5.35. The van der Waals surface area contributed by atoms with E-state index < -0.39 is 6.04 Å². The van der Waals surface area contributed by atoms with Crippen molar-refractivity contribution in [2.24, 2.45) is 5.41 Å². The third-order valence-corrected chi connectivity index (χ3v) is 2.89. The summed E-state index contributed by atoms with van der Waals surface area (Å²) < 4.78 is 0. The van der Waals surface area contributed by atoms with Crippen LogP contribution in [0.1, 0.15) is 27.7 Å². The van der Waals surface area contributed by atoms with Gasteiger partial charge in [-0.1, -0.05) is 13.8 Å². The van der Waals surface area contributed by atoms with Gasteiger partial charge in [0, 0.05) is 19.1 Å². The van der Waals surface area contributed by atoms with Crippen molar-refractivity contribution in [3.63, 3.8) is 0 Å². The van der Waals surface area contributed by atoms with Gasteiger partial charge in [0.15, 0.2) is 0 Å². The van der Waals surface area contributed by atoms with Crippen LogP contribution >= 0.6 is 0 Å². The molecule has 2 N–H and O–H groups in total. The minimum atomic E-state index is -0.397. The molecule has 1 rings (SSSR count). The molecule has 1 aliphatic heterocycles. The fraction of sp³-hybridized carbons (Fsp3) is 0.909. The third-order valence-electron chi connectivity index (χ3n) is 2.89. The maximum atomic E-state index is 11.7. The topological polar surface area (TPSA) is 52.6 Å². The van der Waals surface area contributed by atoms with Crippen LogP contribution in [0.3, 0.4) is 0 Å². The summed E-state index contributed by atoms with van der Waals surface area (Å²) in [5.74, 6) is -0.0585. The fourth-order valence-corrected chi connectivity index (χ4v) is 1.99. The quantitative estimate of drug-likeness (QED) is 0.691. The normalized spacial score (nSPS) is 27.6. The van der Waals surface area contributed by atoms with E-state index in [2.05, 4.69) is 37.9 Å². The van der Waals surface area contributed by atoms with E-state index >= 15 is 0 Å². The van der Waals surface area contributed by atoms with Crippen LogP contribution < -0.4 is 5.32 Å². The molecular formula is C11H22N2O2. The highest BCUT2D eigenvalue weighted by molar-refractivity contribution is 5.82. The first-order valence-corrected chi connectivity index (χ1v) is 5.52. The number of amides is 1. The van der Waals surface area contributed by atoms with Crippen molar-refractivity contribution >= 4 is 5.91 Å². The van der Waals surface area contributed by atoms with E-state index in [9.17, 15) is 9.90 Å². The molecule has 1 aliphatic rings. The Bertz CT molecular complexity index is 239. The number of rotatable bonds is 2. The van der Waals surface area contributed by atoms with Gasteiger partial charge in [0.25, 0.3) is 0 Å². The van der Waals surface area contributed by atoms with Gasteiger partial charge in [-0.3, -0.25) is 9.69 Å². The second-order valence-electron chi connectivity index (χ2n) is 5.35. The van der Waals surface area contributed by atoms with Crippen LogP contribution in [0.15, 0.2) is 0 Å². The van der Waals surface area contributed by atoms with Gasteiger partial charge in [0.1, 0.15) is 6.04 Å². The van der Waals surface area contributed by atoms with Gasteiger partial charge in [-0.25, -0.2) is 0 Å². The predicted octanol–water partition coefficient (Wildman–Crippen LogP) is 0.214. The summed E-state index contributed by atoms with van der Waals surface area (Å²) >= 11 is 0. The molecule has 0 aromatic heterocycles. The smallest absolute Gasteiger partial charge is 0.239 e. The van der Waals surface area contributed by atoms with Crippen LogP contribution in [-0.4, -0.2) is 47.7 Å². The van der Waals surface area contributed by atoms with Gasteiger partial charge < -0.3 is 10.4 Å². The summed E-state index contributed by atoms with van der Waals surface area (Å²) in [6.07, 6.45) is 0. The number of carbonyl (C=O) groups excluding carboxylic acids is 1. The largest absolute Gasteiger partial charge is 0.394 e. The van der Waals surface area contributed by atoms with Crippen molar-refractivity contribution in [2.75, 3.05) is 19.7 Å². The molecule has 1 unspecified atom stereocenters.